The van der Waals surface area contributed by atoms with E-state index in [1.54, 1.807) is 6.92 Å². The molecule has 1 aliphatic rings. The number of hydrogen-bond donors (Lipinski definition) is 1. The van der Waals surface area contributed by atoms with Crippen molar-refractivity contribution >= 4 is 33.4 Å². The van der Waals surface area contributed by atoms with Crippen LogP contribution in [0.1, 0.15) is 38.9 Å². The lowest BCUT2D eigenvalue weighted by Gasteiger charge is -2.25. The minimum absolute atomic E-state index is 0.376. The fourth-order valence-corrected chi connectivity index (χ4v) is 4.05. The summed E-state index contributed by atoms with van der Waals surface area (Å²) in [5, 5.41) is 9.63. The van der Waals surface area contributed by atoms with Crippen molar-refractivity contribution < 1.29 is 5.11 Å². The summed E-state index contributed by atoms with van der Waals surface area (Å²) in [6.45, 7) is 8.62. The minimum Gasteiger partial charge on any atom is -0.389 e. The Balaban J connectivity index is 2.18. The molecule has 0 aromatic heterocycles. The van der Waals surface area contributed by atoms with Crippen molar-refractivity contribution in [1.29, 1.82) is 0 Å². The number of aliphatic hydroxyl groups is 1. The summed E-state index contributed by atoms with van der Waals surface area (Å²) in [7, 11) is 0. The zero-order valence-electron chi connectivity index (χ0n) is 11.8. The van der Waals surface area contributed by atoms with Gasteiger partial charge >= 0.3 is 0 Å². The van der Waals surface area contributed by atoms with Gasteiger partial charge in [-0.3, -0.25) is 0 Å². The van der Waals surface area contributed by atoms with E-state index in [1.165, 1.54) is 12.1 Å². The fourth-order valence-electron chi connectivity index (χ4n) is 2.30. The molecule has 1 aromatic rings. The van der Waals surface area contributed by atoms with Crippen LogP contribution in [0.4, 0.5) is 5.69 Å². The second-order valence-electron chi connectivity index (χ2n) is 5.73. The molecule has 1 aromatic carbocycles. The number of rotatable bonds is 2. The van der Waals surface area contributed by atoms with Gasteiger partial charge in [0.05, 0.1) is 11.8 Å². The van der Waals surface area contributed by atoms with Gasteiger partial charge in [0.2, 0.25) is 0 Å². The molecule has 0 saturated carbocycles. The topological polar surface area (TPSA) is 23.5 Å². The normalized spacial score (nSPS) is 21.0. The Morgan fingerprint density at radius 3 is 2.74 bits per heavy atom. The van der Waals surface area contributed by atoms with Crippen LogP contribution >= 0.6 is 27.7 Å². The zero-order valence-corrected chi connectivity index (χ0v) is 14.2. The van der Waals surface area contributed by atoms with Crippen molar-refractivity contribution in [3.05, 3.63) is 28.2 Å². The molecule has 0 aliphatic carbocycles. The lowest BCUT2D eigenvalue weighted by atomic mass is 10.1. The SMILES string of the molecule is CC(O)c1ccc(N2CCSC(C)(C)CC2)c(Br)c1. The third-order valence-electron chi connectivity index (χ3n) is 3.63. The Hall–Kier alpha value is -0.190. The quantitative estimate of drug-likeness (QED) is 0.869. The van der Waals surface area contributed by atoms with Crippen LogP contribution in [0.2, 0.25) is 0 Å². The molecule has 0 bridgehead atoms. The molecule has 2 rings (SSSR count). The van der Waals surface area contributed by atoms with Crippen molar-refractivity contribution in [1.82, 2.24) is 0 Å². The lowest BCUT2D eigenvalue weighted by Crippen LogP contribution is -2.27. The Morgan fingerprint density at radius 1 is 1.37 bits per heavy atom. The van der Waals surface area contributed by atoms with E-state index in [0.29, 0.717) is 4.75 Å². The van der Waals surface area contributed by atoms with E-state index >= 15 is 0 Å². The third-order valence-corrected chi connectivity index (χ3v) is 5.64. The summed E-state index contributed by atoms with van der Waals surface area (Å²) >= 11 is 5.70. The molecular weight excluding hydrogens is 322 g/mol. The van der Waals surface area contributed by atoms with Gasteiger partial charge in [0.25, 0.3) is 0 Å². The second-order valence-corrected chi connectivity index (χ2v) is 8.39. The number of halogens is 1. The van der Waals surface area contributed by atoms with E-state index in [1.807, 2.05) is 12.1 Å². The van der Waals surface area contributed by atoms with Gasteiger partial charge < -0.3 is 10.0 Å². The van der Waals surface area contributed by atoms with Crippen molar-refractivity contribution in [2.24, 2.45) is 0 Å². The lowest BCUT2D eigenvalue weighted by molar-refractivity contribution is 0.199. The first-order chi connectivity index (χ1) is 8.89. The Kier molecular flexibility index (Phi) is 4.85. The maximum Gasteiger partial charge on any atom is 0.0762 e. The monoisotopic (exact) mass is 343 g/mol. The highest BCUT2D eigenvalue weighted by molar-refractivity contribution is 9.10. The molecule has 2 nitrogen and oxygen atoms in total. The Morgan fingerprint density at radius 2 is 2.11 bits per heavy atom. The van der Waals surface area contributed by atoms with Crippen LogP contribution in [0.15, 0.2) is 22.7 Å². The molecule has 106 valence electrons. The van der Waals surface area contributed by atoms with E-state index in [9.17, 15) is 5.11 Å². The van der Waals surface area contributed by atoms with Crippen LogP contribution in [0, 0.1) is 0 Å². The highest BCUT2D eigenvalue weighted by atomic mass is 79.9. The first-order valence-corrected chi connectivity index (χ1v) is 8.53. The highest BCUT2D eigenvalue weighted by Gasteiger charge is 2.24. The molecule has 0 radical (unpaired) electrons. The van der Waals surface area contributed by atoms with Gasteiger partial charge in [0.1, 0.15) is 0 Å². The first-order valence-electron chi connectivity index (χ1n) is 6.75. The summed E-state index contributed by atoms with van der Waals surface area (Å²) < 4.78 is 1.46. The van der Waals surface area contributed by atoms with Gasteiger partial charge in [-0.2, -0.15) is 11.8 Å². The fraction of sp³-hybridized carbons (Fsp3) is 0.600. The van der Waals surface area contributed by atoms with Gasteiger partial charge in [-0.15, -0.1) is 0 Å². The number of hydrogen-bond acceptors (Lipinski definition) is 3. The molecule has 1 N–H and O–H groups in total. The standard InChI is InChI=1S/C15H22BrNOS/c1-11(18)12-4-5-14(13(16)10-12)17-7-6-15(2,3)19-9-8-17/h4-5,10-11,18H,6-9H2,1-3H3. The van der Waals surface area contributed by atoms with Gasteiger partial charge in [-0.05, 0) is 47.0 Å². The molecule has 0 amide bonds. The molecular formula is C15H22BrNOS. The molecule has 1 heterocycles. The summed E-state index contributed by atoms with van der Waals surface area (Å²) in [5.41, 5.74) is 2.20. The van der Waals surface area contributed by atoms with Crippen LogP contribution < -0.4 is 4.90 Å². The molecule has 4 heteroatoms. The molecule has 1 aliphatic heterocycles. The molecule has 1 atom stereocenters. The number of benzene rings is 1. The van der Waals surface area contributed by atoms with Gasteiger partial charge in [-0.25, -0.2) is 0 Å². The number of aliphatic hydroxyl groups excluding tert-OH is 1. The van der Waals surface area contributed by atoms with Crippen LogP contribution in [0.25, 0.3) is 0 Å². The Labute approximate surface area is 128 Å². The molecule has 1 unspecified atom stereocenters. The van der Waals surface area contributed by atoms with Crippen molar-refractivity contribution in [3.63, 3.8) is 0 Å². The van der Waals surface area contributed by atoms with E-state index in [2.05, 4.69) is 52.5 Å². The van der Waals surface area contributed by atoms with Crippen molar-refractivity contribution in [2.75, 3.05) is 23.7 Å². The summed E-state index contributed by atoms with van der Waals surface area (Å²) in [4.78, 5) is 2.44. The predicted molar refractivity (Wildman–Crippen MR) is 88.1 cm³/mol. The minimum atomic E-state index is -0.413. The second kappa shape index (κ2) is 6.06. The van der Waals surface area contributed by atoms with Gasteiger partial charge in [0, 0.05) is 28.1 Å². The zero-order chi connectivity index (χ0) is 14.0. The highest BCUT2D eigenvalue weighted by Crippen LogP contribution is 2.35. The van der Waals surface area contributed by atoms with Gasteiger partial charge in [-0.1, -0.05) is 19.9 Å². The summed E-state index contributed by atoms with van der Waals surface area (Å²) in [5.74, 6) is 1.16. The average molecular weight is 344 g/mol. The van der Waals surface area contributed by atoms with Crippen molar-refractivity contribution in [3.8, 4) is 0 Å². The molecule has 1 saturated heterocycles. The third kappa shape index (κ3) is 3.89. The largest absolute Gasteiger partial charge is 0.389 e. The maximum absolute atomic E-state index is 9.63. The van der Waals surface area contributed by atoms with E-state index in [4.69, 9.17) is 0 Å². The van der Waals surface area contributed by atoms with Crippen molar-refractivity contribution in [2.45, 2.75) is 38.0 Å². The predicted octanol–water partition coefficient (Wildman–Crippen LogP) is 4.22. The molecule has 1 fully saturated rings. The van der Waals surface area contributed by atoms with Crippen LogP contribution in [-0.2, 0) is 0 Å². The number of anilines is 1. The van der Waals surface area contributed by atoms with E-state index in [0.717, 1.165) is 28.9 Å². The smallest absolute Gasteiger partial charge is 0.0762 e. The van der Waals surface area contributed by atoms with Crippen LogP contribution in [0.5, 0.6) is 0 Å². The van der Waals surface area contributed by atoms with Gasteiger partial charge in [0.15, 0.2) is 0 Å². The number of thioether (sulfide) groups is 1. The van der Waals surface area contributed by atoms with Crippen LogP contribution in [0.3, 0.4) is 0 Å². The molecule has 0 spiro atoms. The summed E-state index contributed by atoms with van der Waals surface area (Å²) in [6.07, 6.45) is 0.784. The summed E-state index contributed by atoms with van der Waals surface area (Å²) in [6, 6.07) is 6.17. The average Bonchev–Trinajstić information content (AvgIpc) is 2.50. The maximum atomic E-state index is 9.63. The Bertz CT molecular complexity index is 448. The van der Waals surface area contributed by atoms with E-state index in [-0.39, 0.29) is 0 Å². The van der Waals surface area contributed by atoms with E-state index < -0.39 is 6.10 Å². The first kappa shape index (κ1) is 15.2. The molecule has 19 heavy (non-hydrogen) atoms. The number of nitrogens with zero attached hydrogens (tertiary/aromatic N) is 1. The van der Waals surface area contributed by atoms with Crippen LogP contribution in [-0.4, -0.2) is 28.7 Å².